The molecule has 1 aromatic heterocycles. The van der Waals surface area contributed by atoms with E-state index in [4.69, 9.17) is 4.98 Å². The highest BCUT2D eigenvalue weighted by molar-refractivity contribution is 9.11. The fourth-order valence-corrected chi connectivity index (χ4v) is 8.44. The molecule has 47 heavy (non-hydrogen) atoms. The number of hydrogen-bond acceptors (Lipinski definition) is 1. The molecule has 0 atom stereocenters. The normalized spacial score (nSPS) is 15.7. The van der Waals surface area contributed by atoms with Crippen molar-refractivity contribution in [2.75, 3.05) is 0 Å². The maximum atomic E-state index is 5.05. The van der Waals surface area contributed by atoms with Gasteiger partial charge in [-0.15, -0.1) is 0 Å². The molecule has 234 valence electrons. The quantitative estimate of drug-likeness (QED) is 0.171. The Kier molecular flexibility index (Phi) is 7.93. The minimum atomic E-state index is 0.0544. The number of halogens is 2. The summed E-state index contributed by atoms with van der Waals surface area (Å²) in [7, 11) is 0. The average Bonchev–Trinajstić information content (AvgIpc) is 3.18. The third-order valence-electron chi connectivity index (χ3n) is 11.4. The molecule has 1 aliphatic carbocycles. The minimum Gasteiger partial charge on any atom is -0.256 e. The molecule has 0 radical (unpaired) electrons. The fourth-order valence-electron chi connectivity index (χ4n) is 7.42. The molecule has 0 aliphatic heterocycles. The number of fused-ring (bicyclic) bond motifs is 1. The Morgan fingerprint density at radius 1 is 0.426 bits per heavy atom. The molecule has 1 nitrogen and oxygen atoms in total. The van der Waals surface area contributed by atoms with Crippen LogP contribution in [-0.2, 0) is 10.8 Å². The third-order valence-corrected chi connectivity index (χ3v) is 12.8. The number of pyridine rings is 1. The molecule has 6 aromatic rings. The molecule has 1 aliphatic rings. The van der Waals surface area contributed by atoms with Gasteiger partial charge in [0.2, 0.25) is 0 Å². The monoisotopic (exact) mass is 739 g/mol. The number of hydrogen-bond donors (Lipinski definition) is 0. The van der Waals surface area contributed by atoms with Gasteiger partial charge in [-0.25, -0.2) is 0 Å². The second kappa shape index (κ2) is 11.7. The summed E-state index contributed by atoms with van der Waals surface area (Å²) in [6.45, 7) is 14.4. The van der Waals surface area contributed by atoms with Crippen LogP contribution >= 0.6 is 31.9 Å². The van der Waals surface area contributed by atoms with Crippen LogP contribution in [0.3, 0.4) is 0 Å². The first kappa shape index (κ1) is 31.8. The van der Waals surface area contributed by atoms with Gasteiger partial charge in [-0.3, -0.25) is 4.98 Å². The fraction of sp³-hybridized carbons (Fsp3) is 0.205. The summed E-state index contributed by atoms with van der Waals surface area (Å²) in [4.78, 5) is 5.05. The van der Waals surface area contributed by atoms with Gasteiger partial charge in [0.15, 0.2) is 0 Å². The smallest absolute Gasteiger partial charge is 0.0702 e. The van der Waals surface area contributed by atoms with Crippen LogP contribution in [0.1, 0.15) is 52.7 Å². The van der Waals surface area contributed by atoms with E-state index >= 15 is 0 Å². The van der Waals surface area contributed by atoms with E-state index < -0.39 is 0 Å². The zero-order valence-corrected chi connectivity index (χ0v) is 31.0. The van der Waals surface area contributed by atoms with Crippen LogP contribution in [0.15, 0.2) is 136 Å². The van der Waals surface area contributed by atoms with Gasteiger partial charge in [0, 0.05) is 26.3 Å². The lowest BCUT2D eigenvalue weighted by atomic mass is 9.59. The topological polar surface area (TPSA) is 12.9 Å². The average molecular weight is 742 g/mol. The number of benzene rings is 5. The van der Waals surface area contributed by atoms with Crippen molar-refractivity contribution in [1.82, 2.24) is 4.98 Å². The Labute approximate surface area is 296 Å². The summed E-state index contributed by atoms with van der Waals surface area (Å²) >= 11 is 7.60. The van der Waals surface area contributed by atoms with Crippen LogP contribution < -0.4 is 0 Å². The molecule has 0 saturated carbocycles. The van der Waals surface area contributed by atoms with Gasteiger partial charge in [0.05, 0.1) is 5.69 Å². The Balaban J connectivity index is 1.31. The van der Waals surface area contributed by atoms with Gasteiger partial charge in [-0.1, -0.05) is 152 Å². The minimum absolute atomic E-state index is 0.0544. The summed E-state index contributed by atoms with van der Waals surface area (Å²) in [5, 5.41) is 0. The van der Waals surface area contributed by atoms with E-state index in [1.54, 1.807) is 0 Å². The van der Waals surface area contributed by atoms with Crippen LogP contribution in [0.5, 0.6) is 0 Å². The van der Waals surface area contributed by atoms with E-state index in [-0.39, 0.29) is 16.2 Å². The zero-order valence-electron chi connectivity index (χ0n) is 27.8. The van der Waals surface area contributed by atoms with E-state index in [1.807, 2.05) is 6.20 Å². The molecule has 0 saturated heterocycles. The molecule has 0 unspecified atom stereocenters. The van der Waals surface area contributed by atoms with Gasteiger partial charge >= 0.3 is 0 Å². The second-order valence-electron chi connectivity index (χ2n) is 14.4. The lowest BCUT2D eigenvalue weighted by Gasteiger charge is -2.44. The van der Waals surface area contributed by atoms with Gasteiger partial charge < -0.3 is 0 Å². The van der Waals surface area contributed by atoms with Gasteiger partial charge in [-0.05, 0) is 109 Å². The molecule has 0 amide bonds. The molecule has 0 spiro atoms. The lowest BCUT2D eigenvalue weighted by Crippen LogP contribution is -2.42. The largest absolute Gasteiger partial charge is 0.256 e. The van der Waals surface area contributed by atoms with Crippen LogP contribution in [0.2, 0.25) is 0 Å². The Morgan fingerprint density at radius 3 is 1.38 bits per heavy atom. The van der Waals surface area contributed by atoms with Crippen LogP contribution in [-0.4, -0.2) is 4.98 Å². The van der Waals surface area contributed by atoms with Crippen LogP contribution in [0.25, 0.3) is 55.8 Å². The maximum Gasteiger partial charge on any atom is 0.0702 e. The van der Waals surface area contributed by atoms with Crippen molar-refractivity contribution in [3.63, 3.8) is 0 Å². The molecule has 3 heteroatoms. The van der Waals surface area contributed by atoms with Crippen molar-refractivity contribution in [3.05, 3.63) is 148 Å². The summed E-state index contributed by atoms with van der Waals surface area (Å²) in [6.07, 6.45) is 2.03. The van der Waals surface area contributed by atoms with E-state index in [2.05, 4.69) is 195 Å². The summed E-state index contributed by atoms with van der Waals surface area (Å²) in [5.74, 6) is 0. The lowest BCUT2D eigenvalue weighted by molar-refractivity contribution is 0.125. The first-order chi connectivity index (χ1) is 22.4. The first-order valence-corrected chi connectivity index (χ1v) is 17.8. The van der Waals surface area contributed by atoms with Crippen molar-refractivity contribution in [2.24, 2.45) is 5.41 Å². The number of nitrogens with zero attached hydrogens (tertiary/aromatic N) is 1. The zero-order chi connectivity index (χ0) is 33.1. The van der Waals surface area contributed by atoms with E-state index in [0.29, 0.717) is 0 Å². The van der Waals surface area contributed by atoms with Gasteiger partial charge in [0.1, 0.15) is 0 Å². The molecule has 1 heterocycles. The van der Waals surface area contributed by atoms with Gasteiger partial charge in [-0.2, -0.15) is 0 Å². The Morgan fingerprint density at radius 2 is 0.872 bits per heavy atom. The molecule has 7 rings (SSSR count). The molecule has 0 bridgehead atoms. The van der Waals surface area contributed by atoms with Crippen LogP contribution in [0, 0.1) is 5.41 Å². The Hall–Kier alpha value is -3.79. The second-order valence-corrected chi connectivity index (χ2v) is 16.1. The van der Waals surface area contributed by atoms with Gasteiger partial charge in [0.25, 0.3) is 0 Å². The molecule has 5 aromatic carbocycles. The molecule has 0 N–H and O–H groups in total. The third kappa shape index (κ3) is 5.23. The molecular weight excluding hydrogens is 702 g/mol. The van der Waals surface area contributed by atoms with E-state index in [9.17, 15) is 0 Å². The summed E-state index contributed by atoms with van der Waals surface area (Å²) in [5.41, 5.74) is 14.6. The van der Waals surface area contributed by atoms with Crippen LogP contribution in [0.4, 0.5) is 0 Å². The Bertz CT molecular complexity index is 2070. The molecular formula is C44H39Br2N. The first-order valence-electron chi connectivity index (χ1n) is 16.3. The highest BCUT2D eigenvalue weighted by Crippen LogP contribution is 2.61. The number of aromatic nitrogens is 1. The van der Waals surface area contributed by atoms with Crippen molar-refractivity contribution in [3.8, 4) is 55.8 Å². The van der Waals surface area contributed by atoms with E-state index in [1.165, 1.54) is 22.3 Å². The molecule has 0 fully saturated rings. The summed E-state index contributed by atoms with van der Waals surface area (Å²) < 4.78 is 2.15. The van der Waals surface area contributed by atoms with Crippen molar-refractivity contribution in [1.29, 1.82) is 0 Å². The predicted octanol–water partition coefficient (Wildman–Crippen LogP) is 13.5. The SMILES string of the molecule is CC1(C)c2ccc(-c3ccc(-c4ccccc4-c4cc(-c5ccccc5Br)cc(-c5ccccc5Br)c4)cn3)cc2C(C)(C)C1(C)C. The predicted molar refractivity (Wildman–Crippen MR) is 207 cm³/mol. The van der Waals surface area contributed by atoms with Crippen molar-refractivity contribution >= 4 is 31.9 Å². The standard InChI is InChI=1S/C44H39Br2N/c1-42(2)37-21-19-28(26-38(37)43(3,4)44(42,5)6)41-22-20-29(27-47-41)33-13-7-8-14-34(33)30-23-31(35-15-9-11-17-39(35)45)25-32(24-30)36-16-10-12-18-40(36)46/h7-27H,1-6H3. The van der Waals surface area contributed by atoms with E-state index in [0.717, 1.165) is 53.6 Å². The highest BCUT2D eigenvalue weighted by atomic mass is 79.9. The van der Waals surface area contributed by atoms with Crippen molar-refractivity contribution < 1.29 is 0 Å². The maximum absolute atomic E-state index is 5.05. The number of rotatable bonds is 5. The summed E-state index contributed by atoms with van der Waals surface area (Å²) in [6, 6.07) is 43.8. The highest BCUT2D eigenvalue weighted by Gasteiger charge is 2.56. The van der Waals surface area contributed by atoms with Crippen molar-refractivity contribution in [2.45, 2.75) is 52.4 Å².